The van der Waals surface area contributed by atoms with Crippen LogP contribution in [-0.2, 0) is 6.42 Å². The van der Waals surface area contributed by atoms with Gasteiger partial charge in [0.25, 0.3) is 0 Å². The molecular weight excluding hydrogens is 334 g/mol. The summed E-state index contributed by atoms with van der Waals surface area (Å²) in [6.45, 7) is 2.11. The molecule has 4 rings (SSSR count). The van der Waals surface area contributed by atoms with Crippen molar-refractivity contribution in [2.24, 2.45) is 0 Å². The van der Waals surface area contributed by atoms with Crippen LogP contribution in [0, 0.1) is 0 Å². The number of hydrogen-bond donors (Lipinski definition) is 1. The Kier molecular flexibility index (Phi) is 4.38. The molecule has 2 aromatic carbocycles. The molecule has 0 aliphatic rings. The highest BCUT2D eigenvalue weighted by Crippen LogP contribution is 2.33. The van der Waals surface area contributed by atoms with Gasteiger partial charge in [0.1, 0.15) is 0 Å². The SMILES string of the molecule is CCc1ccc(-c2nc3ncccc3c(N)c2C(=O)c2ccccc2)cc1. The predicted octanol–water partition coefficient (Wildman–Crippen LogP) is 4.67. The van der Waals surface area contributed by atoms with Crippen LogP contribution in [0.2, 0.25) is 0 Å². The maximum Gasteiger partial charge on any atom is 0.197 e. The first-order valence-corrected chi connectivity index (χ1v) is 8.92. The molecule has 0 aliphatic carbocycles. The summed E-state index contributed by atoms with van der Waals surface area (Å²) in [4.78, 5) is 22.3. The molecule has 0 saturated heterocycles. The first-order chi connectivity index (χ1) is 13.2. The Morgan fingerprint density at radius 1 is 0.963 bits per heavy atom. The molecule has 0 atom stereocenters. The lowest BCUT2D eigenvalue weighted by Crippen LogP contribution is -2.10. The molecule has 2 N–H and O–H groups in total. The monoisotopic (exact) mass is 353 g/mol. The highest BCUT2D eigenvalue weighted by Gasteiger charge is 2.22. The van der Waals surface area contributed by atoms with Gasteiger partial charge in [0, 0.05) is 22.7 Å². The smallest absolute Gasteiger partial charge is 0.197 e. The minimum atomic E-state index is -0.138. The molecule has 4 heteroatoms. The Balaban J connectivity index is 1.99. The van der Waals surface area contributed by atoms with E-state index in [9.17, 15) is 4.79 Å². The van der Waals surface area contributed by atoms with Crippen molar-refractivity contribution < 1.29 is 4.79 Å². The lowest BCUT2D eigenvalue weighted by atomic mass is 9.94. The molecule has 0 aliphatic heterocycles. The highest BCUT2D eigenvalue weighted by molar-refractivity contribution is 6.18. The number of fused-ring (bicyclic) bond motifs is 1. The lowest BCUT2D eigenvalue weighted by Gasteiger charge is -2.14. The Labute approximate surface area is 157 Å². The number of ketones is 1. The molecule has 132 valence electrons. The van der Waals surface area contributed by atoms with E-state index in [0.29, 0.717) is 33.5 Å². The second-order valence-corrected chi connectivity index (χ2v) is 6.37. The normalized spacial score (nSPS) is 10.9. The Morgan fingerprint density at radius 3 is 2.41 bits per heavy atom. The van der Waals surface area contributed by atoms with Crippen LogP contribution in [0.1, 0.15) is 28.4 Å². The van der Waals surface area contributed by atoms with Crippen LogP contribution in [0.3, 0.4) is 0 Å². The largest absolute Gasteiger partial charge is 0.397 e. The van der Waals surface area contributed by atoms with E-state index < -0.39 is 0 Å². The minimum absolute atomic E-state index is 0.138. The highest BCUT2D eigenvalue weighted by atomic mass is 16.1. The number of nitrogens with zero attached hydrogens (tertiary/aromatic N) is 2. The fourth-order valence-corrected chi connectivity index (χ4v) is 3.19. The first-order valence-electron chi connectivity index (χ1n) is 8.92. The van der Waals surface area contributed by atoms with Gasteiger partial charge in [0.15, 0.2) is 11.4 Å². The van der Waals surface area contributed by atoms with E-state index in [4.69, 9.17) is 10.7 Å². The van der Waals surface area contributed by atoms with Crippen molar-refractivity contribution in [1.82, 2.24) is 9.97 Å². The number of carbonyl (C=O) groups is 1. The van der Waals surface area contributed by atoms with Gasteiger partial charge in [-0.1, -0.05) is 61.5 Å². The number of anilines is 1. The van der Waals surface area contributed by atoms with Crippen molar-refractivity contribution in [3.63, 3.8) is 0 Å². The molecule has 0 saturated carbocycles. The van der Waals surface area contributed by atoms with E-state index >= 15 is 0 Å². The first kappa shape index (κ1) is 16.9. The summed E-state index contributed by atoms with van der Waals surface area (Å²) >= 11 is 0. The zero-order valence-electron chi connectivity index (χ0n) is 15.0. The summed E-state index contributed by atoms with van der Waals surface area (Å²) in [5.41, 5.74) is 11.0. The lowest BCUT2D eigenvalue weighted by molar-refractivity contribution is 0.104. The maximum absolute atomic E-state index is 13.3. The summed E-state index contributed by atoms with van der Waals surface area (Å²) < 4.78 is 0. The number of nitrogen functional groups attached to an aromatic ring is 1. The average Bonchev–Trinajstić information content (AvgIpc) is 2.74. The van der Waals surface area contributed by atoms with Crippen molar-refractivity contribution >= 4 is 22.5 Å². The van der Waals surface area contributed by atoms with Crippen LogP contribution in [-0.4, -0.2) is 15.8 Å². The van der Waals surface area contributed by atoms with Crippen LogP contribution in [0.25, 0.3) is 22.3 Å². The van der Waals surface area contributed by atoms with Gasteiger partial charge in [-0.2, -0.15) is 0 Å². The van der Waals surface area contributed by atoms with Gasteiger partial charge < -0.3 is 5.73 Å². The Hall–Kier alpha value is -3.53. The van der Waals surface area contributed by atoms with Crippen LogP contribution in [0.4, 0.5) is 5.69 Å². The number of benzene rings is 2. The molecule has 0 fully saturated rings. The quantitative estimate of drug-likeness (QED) is 0.541. The fourth-order valence-electron chi connectivity index (χ4n) is 3.19. The molecular formula is C23H19N3O. The van der Waals surface area contributed by atoms with Gasteiger partial charge in [0.05, 0.1) is 16.9 Å². The molecule has 0 radical (unpaired) electrons. The van der Waals surface area contributed by atoms with E-state index in [0.717, 1.165) is 12.0 Å². The number of nitrogens with two attached hydrogens (primary N) is 1. The fraction of sp³-hybridized carbons (Fsp3) is 0.0870. The molecule has 2 aromatic heterocycles. The third kappa shape index (κ3) is 3.06. The number of rotatable bonds is 4. The number of carbonyl (C=O) groups excluding carboxylic acids is 1. The summed E-state index contributed by atoms with van der Waals surface area (Å²) in [5.74, 6) is -0.138. The van der Waals surface area contributed by atoms with Gasteiger partial charge in [-0.15, -0.1) is 0 Å². The summed E-state index contributed by atoms with van der Waals surface area (Å²) in [6, 6.07) is 20.9. The van der Waals surface area contributed by atoms with Crippen LogP contribution in [0.15, 0.2) is 72.9 Å². The van der Waals surface area contributed by atoms with E-state index in [2.05, 4.69) is 11.9 Å². The Morgan fingerprint density at radius 2 is 1.70 bits per heavy atom. The molecule has 4 nitrogen and oxygen atoms in total. The zero-order chi connectivity index (χ0) is 18.8. The van der Waals surface area contributed by atoms with Crippen molar-refractivity contribution in [2.45, 2.75) is 13.3 Å². The molecule has 0 bridgehead atoms. The average molecular weight is 353 g/mol. The van der Waals surface area contributed by atoms with E-state index in [1.807, 2.05) is 48.5 Å². The van der Waals surface area contributed by atoms with Crippen LogP contribution in [0.5, 0.6) is 0 Å². The number of aryl methyl sites for hydroxylation is 1. The minimum Gasteiger partial charge on any atom is -0.397 e. The van der Waals surface area contributed by atoms with Crippen LogP contribution < -0.4 is 5.73 Å². The van der Waals surface area contributed by atoms with Crippen molar-refractivity contribution in [1.29, 1.82) is 0 Å². The van der Waals surface area contributed by atoms with Gasteiger partial charge in [0.2, 0.25) is 0 Å². The van der Waals surface area contributed by atoms with E-state index in [-0.39, 0.29) is 5.78 Å². The van der Waals surface area contributed by atoms with Crippen molar-refractivity contribution in [3.05, 3.63) is 89.6 Å². The third-order valence-corrected chi connectivity index (χ3v) is 4.70. The number of aromatic nitrogens is 2. The number of hydrogen-bond acceptors (Lipinski definition) is 4. The van der Waals surface area contributed by atoms with Crippen LogP contribution >= 0.6 is 0 Å². The van der Waals surface area contributed by atoms with Gasteiger partial charge in [-0.25, -0.2) is 9.97 Å². The molecule has 0 unspecified atom stereocenters. The second-order valence-electron chi connectivity index (χ2n) is 6.37. The summed E-state index contributed by atoms with van der Waals surface area (Å²) in [5, 5.41) is 0.686. The Bertz CT molecular complexity index is 1120. The maximum atomic E-state index is 13.3. The molecule has 0 amide bonds. The summed E-state index contributed by atoms with van der Waals surface area (Å²) in [6.07, 6.45) is 2.63. The van der Waals surface area contributed by atoms with E-state index in [1.165, 1.54) is 5.56 Å². The molecule has 27 heavy (non-hydrogen) atoms. The van der Waals surface area contributed by atoms with E-state index in [1.54, 1.807) is 24.4 Å². The van der Waals surface area contributed by atoms with Crippen molar-refractivity contribution in [2.75, 3.05) is 5.73 Å². The second kappa shape index (κ2) is 7.00. The molecule has 2 heterocycles. The predicted molar refractivity (Wildman–Crippen MR) is 109 cm³/mol. The van der Waals surface area contributed by atoms with Crippen molar-refractivity contribution in [3.8, 4) is 11.3 Å². The van der Waals surface area contributed by atoms with Gasteiger partial charge in [-0.3, -0.25) is 4.79 Å². The topological polar surface area (TPSA) is 68.9 Å². The number of pyridine rings is 2. The zero-order valence-corrected chi connectivity index (χ0v) is 15.0. The third-order valence-electron chi connectivity index (χ3n) is 4.70. The molecule has 0 spiro atoms. The van der Waals surface area contributed by atoms with Gasteiger partial charge in [-0.05, 0) is 24.1 Å². The molecule has 4 aromatic rings. The van der Waals surface area contributed by atoms with Gasteiger partial charge >= 0.3 is 0 Å². The summed E-state index contributed by atoms with van der Waals surface area (Å²) in [7, 11) is 0. The standard InChI is InChI=1S/C23H19N3O/c1-2-15-10-12-16(13-11-15)21-19(22(27)17-7-4-3-5-8-17)20(24)18-9-6-14-25-23(18)26-21/h3-14H,2H2,1H3,(H2,24,25,26).